The maximum atomic E-state index is 12.0. The van der Waals surface area contributed by atoms with Crippen molar-refractivity contribution in [2.45, 2.75) is 52.0 Å². The van der Waals surface area contributed by atoms with Gasteiger partial charge in [-0.3, -0.25) is 4.79 Å². The molecule has 0 bridgehead atoms. The molecule has 0 aromatic heterocycles. The Hall–Kier alpha value is -1.26. The second-order valence-corrected chi connectivity index (χ2v) is 5.06. The summed E-state index contributed by atoms with van der Waals surface area (Å²) in [6, 6.07) is -0.0809. The highest BCUT2D eigenvalue weighted by Gasteiger charge is 2.28. The molecule has 1 atom stereocenters. The van der Waals surface area contributed by atoms with Gasteiger partial charge in [-0.1, -0.05) is 20.3 Å². The number of nitrogens with one attached hydrogen (secondary N) is 1. The monoisotopic (exact) mass is 256 g/mol. The number of amides is 2. The normalized spacial score (nSPS) is 16.1. The zero-order valence-corrected chi connectivity index (χ0v) is 11.3. The third-order valence-electron chi connectivity index (χ3n) is 3.25. The molecule has 5 heteroatoms. The molecule has 0 spiro atoms. The van der Waals surface area contributed by atoms with Crippen LogP contribution in [0.15, 0.2) is 0 Å². The Morgan fingerprint density at radius 3 is 2.50 bits per heavy atom. The van der Waals surface area contributed by atoms with Gasteiger partial charge < -0.3 is 15.3 Å². The molecular weight excluding hydrogens is 232 g/mol. The zero-order chi connectivity index (χ0) is 13.5. The molecule has 1 aliphatic rings. The fraction of sp³-hybridized carbons (Fsp3) is 0.846. The van der Waals surface area contributed by atoms with Gasteiger partial charge in [-0.05, 0) is 31.6 Å². The molecule has 0 aromatic rings. The Bertz CT molecular complexity index is 290. The number of nitrogens with zero attached hydrogens (tertiary/aromatic N) is 1. The summed E-state index contributed by atoms with van der Waals surface area (Å²) >= 11 is 0. The van der Waals surface area contributed by atoms with E-state index in [1.165, 1.54) is 4.90 Å². The molecule has 1 unspecified atom stereocenters. The van der Waals surface area contributed by atoms with Crippen LogP contribution >= 0.6 is 0 Å². The highest BCUT2D eigenvalue weighted by Crippen LogP contribution is 2.29. The summed E-state index contributed by atoms with van der Waals surface area (Å²) < 4.78 is 0. The maximum absolute atomic E-state index is 12.0. The Morgan fingerprint density at radius 2 is 2.06 bits per heavy atom. The van der Waals surface area contributed by atoms with Crippen molar-refractivity contribution in [2.75, 3.05) is 13.1 Å². The van der Waals surface area contributed by atoms with Crippen LogP contribution in [-0.2, 0) is 4.79 Å². The number of carboxylic acids is 1. The Morgan fingerprint density at radius 1 is 1.39 bits per heavy atom. The van der Waals surface area contributed by atoms with Crippen molar-refractivity contribution in [2.24, 2.45) is 5.92 Å². The third-order valence-corrected chi connectivity index (χ3v) is 3.25. The van der Waals surface area contributed by atoms with Gasteiger partial charge in [0.1, 0.15) is 6.54 Å². The van der Waals surface area contributed by atoms with Crippen LogP contribution in [-0.4, -0.2) is 41.1 Å². The van der Waals surface area contributed by atoms with E-state index in [-0.39, 0.29) is 18.6 Å². The third kappa shape index (κ3) is 5.38. The number of hydrogen-bond acceptors (Lipinski definition) is 2. The number of rotatable bonds is 8. The smallest absolute Gasteiger partial charge is 0.323 e. The molecule has 0 heterocycles. The van der Waals surface area contributed by atoms with Gasteiger partial charge in [0, 0.05) is 12.6 Å². The first-order valence-corrected chi connectivity index (χ1v) is 6.84. The molecule has 0 aromatic carbocycles. The van der Waals surface area contributed by atoms with E-state index in [1.54, 1.807) is 0 Å². The first-order chi connectivity index (χ1) is 8.56. The summed E-state index contributed by atoms with van der Waals surface area (Å²) in [6.45, 7) is 4.47. The van der Waals surface area contributed by atoms with Gasteiger partial charge in [0.2, 0.25) is 0 Å². The minimum Gasteiger partial charge on any atom is -0.480 e. The van der Waals surface area contributed by atoms with Crippen LogP contribution in [0.5, 0.6) is 0 Å². The predicted octanol–water partition coefficient (Wildman–Crippen LogP) is 2.07. The molecule has 0 aliphatic heterocycles. The number of carbonyl (C=O) groups excluding carboxylic acids is 1. The van der Waals surface area contributed by atoms with Gasteiger partial charge in [-0.25, -0.2) is 4.79 Å². The van der Waals surface area contributed by atoms with Crippen molar-refractivity contribution < 1.29 is 14.7 Å². The van der Waals surface area contributed by atoms with Crippen LogP contribution in [0.3, 0.4) is 0 Å². The van der Waals surface area contributed by atoms with Crippen molar-refractivity contribution in [1.82, 2.24) is 10.2 Å². The Labute approximate surface area is 109 Å². The molecule has 1 saturated carbocycles. The molecule has 18 heavy (non-hydrogen) atoms. The van der Waals surface area contributed by atoms with Gasteiger partial charge >= 0.3 is 12.0 Å². The highest BCUT2D eigenvalue weighted by atomic mass is 16.4. The molecule has 1 fully saturated rings. The van der Waals surface area contributed by atoms with E-state index in [0.29, 0.717) is 12.5 Å². The Kier molecular flexibility index (Phi) is 5.95. The second-order valence-electron chi connectivity index (χ2n) is 5.06. The van der Waals surface area contributed by atoms with Crippen molar-refractivity contribution in [1.29, 1.82) is 0 Å². The maximum Gasteiger partial charge on any atom is 0.323 e. The van der Waals surface area contributed by atoms with Crippen LogP contribution in [0.4, 0.5) is 4.79 Å². The standard InChI is InChI=1S/C13H24N2O3/c1-3-5-11(4-2)14-13(18)15(9-12(16)17)8-10-6-7-10/h10-11H,3-9H2,1-2H3,(H,14,18)(H,16,17). The zero-order valence-electron chi connectivity index (χ0n) is 11.3. The highest BCUT2D eigenvalue weighted by molar-refractivity contribution is 5.80. The van der Waals surface area contributed by atoms with Crippen molar-refractivity contribution >= 4 is 12.0 Å². The molecule has 1 aliphatic carbocycles. The van der Waals surface area contributed by atoms with E-state index >= 15 is 0 Å². The molecule has 2 amide bonds. The summed E-state index contributed by atoms with van der Waals surface area (Å²) in [7, 11) is 0. The predicted molar refractivity (Wildman–Crippen MR) is 69.5 cm³/mol. The number of urea groups is 1. The molecule has 104 valence electrons. The van der Waals surface area contributed by atoms with Gasteiger partial charge in [-0.15, -0.1) is 0 Å². The minimum atomic E-state index is -0.950. The topological polar surface area (TPSA) is 69.6 Å². The van der Waals surface area contributed by atoms with Gasteiger partial charge in [0.15, 0.2) is 0 Å². The number of aliphatic carboxylic acids is 1. The van der Waals surface area contributed by atoms with Crippen molar-refractivity contribution in [3.8, 4) is 0 Å². The summed E-state index contributed by atoms with van der Waals surface area (Å²) in [5.74, 6) is -0.448. The second kappa shape index (κ2) is 7.24. The van der Waals surface area contributed by atoms with Crippen LogP contribution < -0.4 is 5.32 Å². The lowest BCUT2D eigenvalue weighted by Gasteiger charge is -2.24. The molecular formula is C13H24N2O3. The van der Waals surface area contributed by atoms with E-state index in [1.807, 2.05) is 6.92 Å². The first-order valence-electron chi connectivity index (χ1n) is 6.84. The van der Waals surface area contributed by atoms with Gasteiger partial charge in [-0.2, -0.15) is 0 Å². The molecule has 0 saturated heterocycles. The van der Waals surface area contributed by atoms with E-state index in [0.717, 1.165) is 32.1 Å². The summed E-state index contributed by atoms with van der Waals surface area (Å²) in [4.78, 5) is 24.2. The fourth-order valence-electron chi connectivity index (χ4n) is 1.99. The molecule has 5 nitrogen and oxygen atoms in total. The minimum absolute atomic E-state index is 0.151. The summed E-state index contributed by atoms with van der Waals surface area (Å²) in [5.41, 5.74) is 0. The first kappa shape index (κ1) is 14.8. The SMILES string of the molecule is CCCC(CC)NC(=O)N(CC(=O)O)CC1CC1. The van der Waals surface area contributed by atoms with Crippen molar-refractivity contribution in [3.05, 3.63) is 0 Å². The van der Waals surface area contributed by atoms with Crippen molar-refractivity contribution in [3.63, 3.8) is 0 Å². The lowest BCUT2D eigenvalue weighted by atomic mass is 10.1. The fourth-order valence-corrected chi connectivity index (χ4v) is 1.99. The molecule has 1 rings (SSSR count). The van der Waals surface area contributed by atoms with Crippen LogP contribution in [0.1, 0.15) is 46.0 Å². The largest absolute Gasteiger partial charge is 0.480 e. The average molecular weight is 256 g/mol. The quantitative estimate of drug-likeness (QED) is 0.698. The van der Waals surface area contributed by atoms with Crippen LogP contribution in [0.2, 0.25) is 0 Å². The number of hydrogen-bond donors (Lipinski definition) is 2. The molecule has 2 N–H and O–H groups in total. The average Bonchev–Trinajstić information content (AvgIpc) is 3.10. The van der Waals surface area contributed by atoms with Gasteiger partial charge in [0.25, 0.3) is 0 Å². The van der Waals surface area contributed by atoms with E-state index < -0.39 is 5.97 Å². The van der Waals surface area contributed by atoms with E-state index in [2.05, 4.69) is 12.2 Å². The summed E-state index contributed by atoms with van der Waals surface area (Å²) in [5, 5.41) is 11.8. The Balaban J connectivity index is 2.47. The number of carboxylic acid groups (broad SMARTS) is 1. The molecule has 0 radical (unpaired) electrons. The lowest BCUT2D eigenvalue weighted by molar-refractivity contribution is -0.137. The van der Waals surface area contributed by atoms with Crippen LogP contribution in [0.25, 0.3) is 0 Å². The van der Waals surface area contributed by atoms with E-state index in [4.69, 9.17) is 5.11 Å². The number of carbonyl (C=O) groups is 2. The van der Waals surface area contributed by atoms with Crippen LogP contribution in [0, 0.1) is 5.92 Å². The lowest BCUT2D eigenvalue weighted by Crippen LogP contribution is -2.47. The van der Waals surface area contributed by atoms with Gasteiger partial charge in [0.05, 0.1) is 0 Å². The summed E-state index contributed by atoms with van der Waals surface area (Å²) in [6.07, 6.45) is 5.04. The van der Waals surface area contributed by atoms with E-state index in [9.17, 15) is 9.59 Å².